The molecule has 0 saturated heterocycles. The van der Waals surface area contributed by atoms with Crippen molar-refractivity contribution < 1.29 is 9.90 Å². The molecule has 2 aromatic heterocycles. The Labute approximate surface area is 181 Å². The molecule has 2 heterocycles. The highest BCUT2D eigenvalue weighted by Gasteiger charge is 2.22. The molecule has 0 spiro atoms. The third-order valence-electron chi connectivity index (χ3n) is 5.23. The Morgan fingerprint density at radius 2 is 1.74 bits per heavy atom. The second-order valence-corrected chi connectivity index (χ2v) is 8.04. The van der Waals surface area contributed by atoms with Crippen LogP contribution in [0.25, 0.3) is 22.0 Å². The minimum atomic E-state index is -0.486. The molecule has 0 aliphatic heterocycles. The first kappa shape index (κ1) is 20.5. The van der Waals surface area contributed by atoms with Crippen molar-refractivity contribution in [3.63, 3.8) is 0 Å². The van der Waals surface area contributed by atoms with Crippen LogP contribution in [0.15, 0.2) is 79.3 Å². The van der Waals surface area contributed by atoms with E-state index in [4.69, 9.17) is 0 Å². The lowest BCUT2D eigenvalue weighted by atomic mass is 9.94. The van der Waals surface area contributed by atoms with Gasteiger partial charge < -0.3 is 10.4 Å². The van der Waals surface area contributed by atoms with Crippen molar-refractivity contribution in [1.29, 1.82) is 0 Å². The maximum atomic E-state index is 12.7. The van der Waals surface area contributed by atoms with E-state index in [0.717, 1.165) is 22.1 Å². The summed E-state index contributed by atoms with van der Waals surface area (Å²) in [7, 11) is 0. The number of nitrogens with one attached hydrogen (secondary N) is 1. The summed E-state index contributed by atoms with van der Waals surface area (Å²) in [4.78, 5) is 21.2. The number of aromatic nitrogens is 2. The Bertz CT molecular complexity index is 1190. The molecule has 31 heavy (non-hydrogen) atoms. The highest BCUT2D eigenvalue weighted by atomic mass is 16.3. The fourth-order valence-electron chi connectivity index (χ4n) is 3.71. The van der Waals surface area contributed by atoms with Crippen LogP contribution in [0.3, 0.4) is 0 Å². The molecular formula is C26H25N3O2. The molecule has 0 saturated carbocycles. The minimum Gasteiger partial charge on any atom is -0.505 e. The summed E-state index contributed by atoms with van der Waals surface area (Å²) in [6, 6.07) is 18.9. The number of aromatic hydroxyl groups is 1. The molecule has 0 aliphatic carbocycles. The lowest BCUT2D eigenvalue weighted by molar-refractivity contribution is -0.122. The van der Waals surface area contributed by atoms with Crippen LogP contribution in [0.4, 0.5) is 0 Å². The number of carbonyl (C=O) groups excluding carboxylic acids is 1. The van der Waals surface area contributed by atoms with E-state index < -0.39 is 6.04 Å². The van der Waals surface area contributed by atoms with Gasteiger partial charge in [-0.2, -0.15) is 0 Å². The van der Waals surface area contributed by atoms with Crippen LogP contribution in [-0.4, -0.2) is 21.0 Å². The lowest BCUT2D eigenvalue weighted by Crippen LogP contribution is -2.30. The van der Waals surface area contributed by atoms with Crippen LogP contribution in [0.2, 0.25) is 0 Å². The van der Waals surface area contributed by atoms with E-state index in [1.165, 1.54) is 0 Å². The molecule has 5 heteroatoms. The summed E-state index contributed by atoms with van der Waals surface area (Å²) in [5, 5.41) is 14.9. The summed E-state index contributed by atoms with van der Waals surface area (Å²) in [6.45, 7) is 4.02. The quantitative estimate of drug-likeness (QED) is 0.454. The molecule has 0 aliphatic rings. The van der Waals surface area contributed by atoms with Crippen molar-refractivity contribution in [3.05, 3.63) is 90.4 Å². The summed E-state index contributed by atoms with van der Waals surface area (Å²) in [5.41, 5.74) is 4.09. The fourth-order valence-corrected chi connectivity index (χ4v) is 3.71. The van der Waals surface area contributed by atoms with Crippen LogP contribution < -0.4 is 5.32 Å². The van der Waals surface area contributed by atoms with Crippen molar-refractivity contribution in [2.75, 3.05) is 0 Å². The zero-order valence-corrected chi connectivity index (χ0v) is 17.6. The molecule has 5 nitrogen and oxygen atoms in total. The Morgan fingerprint density at radius 3 is 2.45 bits per heavy atom. The number of nitrogens with zero attached hydrogens (tertiary/aromatic N) is 2. The Morgan fingerprint density at radius 1 is 0.968 bits per heavy atom. The number of carbonyl (C=O) groups is 1. The van der Waals surface area contributed by atoms with E-state index in [9.17, 15) is 9.90 Å². The van der Waals surface area contributed by atoms with Crippen molar-refractivity contribution in [2.24, 2.45) is 5.92 Å². The van der Waals surface area contributed by atoms with Gasteiger partial charge in [-0.15, -0.1) is 0 Å². The molecule has 156 valence electrons. The van der Waals surface area contributed by atoms with Crippen LogP contribution in [0.5, 0.6) is 5.75 Å². The topological polar surface area (TPSA) is 75.1 Å². The molecule has 4 aromatic rings. The molecule has 0 fully saturated rings. The molecule has 2 N–H and O–H groups in total. The van der Waals surface area contributed by atoms with Gasteiger partial charge in [0.25, 0.3) is 0 Å². The SMILES string of the molecule is CC(C)CC(=O)NC(c1ccc(-c2cccnc2)cc1)c1ccc2cccnc2c1O. The molecule has 2 aromatic carbocycles. The second kappa shape index (κ2) is 8.96. The van der Waals surface area contributed by atoms with Crippen LogP contribution in [0, 0.1) is 5.92 Å². The number of rotatable bonds is 6. The van der Waals surface area contributed by atoms with Crippen molar-refractivity contribution in [1.82, 2.24) is 15.3 Å². The Kier molecular flexibility index (Phi) is 5.94. The van der Waals surface area contributed by atoms with Crippen molar-refractivity contribution >= 4 is 16.8 Å². The first-order valence-electron chi connectivity index (χ1n) is 10.4. The maximum absolute atomic E-state index is 12.7. The molecule has 1 unspecified atom stereocenters. The van der Waals surface area contributed by atoms with Crippen molar-refractivity contribution in [3.8, 4) is 16.9 Å². The van der Waals surface area contributed by atoms with E-state index in [0.29, 0.717) is 17.5 Å². The van der Waals surface area contributed by atoms with E-state index in [1.807, 2.05) is 80.7 Å². The van der Waals surface area contributed by atoms with Gasteiger partial charge in [-0.3, -0.25) is 14.8 Å². The van der Waals surface area contributed by atoms with E-state index in [-0.39, 0.29) is 17.6 Å². The zero-order valence-electron chi connectivity index (χ0n) is 17.6. The molecule has 1 atom stereocenters. The Hall–Kier alpha value is -3.73. The van der Waals surface area contributed by atoms with Gasteiger partial charge in [-0.05, 0) is 34.7 Å². The standard InChI is InChI=1S/C26H25N3O2/c1-17(2)15-23(30)29-24(22-12-11-19-5-4-14-28-25(19)26(22)31)20-9-7-18(8-10-20)21-6-3-13-27-16-21/h3-14,16-17,24,31H,15H2,1-2H3,(H,29,30). The number of benzene rings is 2. The fraction of sp³-hybridized carbons (Fsp3) is 0.192. The third kappa shape index (κ3) is 4.56. The number of fused-ring (bicyclic) bond motifs is 1. The van der Waals surface area contributed by atoms with Gasteiger partial charge in [0.2, 0.25) is 5.91 Å². The highest BCUT2D eigenvalue weighted by Crippen LogP contribution is 2.35. The van der Waals surface area contributed by atoms with Gasteiger partial charge in [-0.25, -0.2) is 0 Å². The van der Waals surface area contributed by atoms with Gasteiger partial charge in [0.15, 0.2) is 0 Å². The van der Waals surface area contributed by atoms with Crippen LogP contribution in [0.1, 0.15) is 37.4 Å². The summed E-state index contributed by atoms with van der Waals surface area (Å²) >= 11 is 0. The minimum absolute atomic E-state index is 0.0585. The average Bonchev–Trinajstić information content (AvgIpc) is 2.78. The monoisotopic (exact) mass is 411 g/mol. The molecular weight excluding hydrogens is 386 g/mol. The first-order valence-corrected chi connectivity index (χ1v) is 10.4. The van der Waals surface area contributed by atoms with Gasteiger partial charge in [0.1, 0.15) is 11.3 Å². The molecule has 4 rings (SSSR count). The van der Waals surface area contributed by atoms with Crippen LogP contribution in [-0.2, 0) is 4.79 Å². The number of hydrogen-bond acceptors (Lipinski definition) is 4. The van der Waals surface area contributed by atoms with Gasteiger partial charge in [0.05, 0.1) is 6.04 Å². The predicted molar refractivity (Wildman–Crippen MR) is 123 cm³/mol. The van der Waals surface area contributed by atoms with Gasteiger partial charge in [0, 0.05) is 36.0 Å². The second-order valence-electron chi connectivity index (χ2n) is 8.04. The molecule has 0 radical (unpaired) electrons. The average molecular weight is 412 g/mol. The number of pyridine rings is 2. The summed E-state index contributed by atoms with van der Waals surface area (Å²) in [5.74, 6) is 0.265. The van der Waals surface area contributed by atoms with E-state index >= 15 is 0 Å². The number of amides is 1. The summed E-state index contributed by atoms with van der Waals surface area (Å²) < 4.78 is 0. The van der Waals surface area contributed by atoms with Crippen molar-refractivity contribution in [2.45, 2.75) is 26.3 Å². The number of phenolic OH excluding ortho intramolecular Hbond substituents is 1. The molecule has 1 amide bonds. The summed E-state index contributed by atoms with van der Waals surface area (Å²) in [6.07, 6.45) is 5.63. The van der Waals surface area contributed by atoms with E-state index in [2.05, 4.69) is 15.3 Å². The van der Waals surface area contributed by atoms with Gasteiger partial charge in [-0.1, -0.05) is 62.4 Å². The van der Waals surface area contributed by atoms with E-state index in [1.54, 1.807) is 12.4 Å². The smallest absolute Gasteiger partial charge is 0.221 e. The lowest BCUT2D eigenvalue weighted by Gasteiger charge is -2.22. The largest absolute Gasteiger partial charge is 0.505 e. The normalized spacial score (nSPS) is 12.1. The molecule has 0 bridgehead atoms. The maximum Gasteiger partial charge on any atom is 0.221 e. The third-order valence-corrected chi connectivity index (χ3v) is 5.23. The first-order chi connectivity index (χ1) is 15.0. The van der Waals surface area contributed by atoms with Gasteiger partial charge >= 0.3 is 0 Å². The number of hydrogen-bond donors (Lipinski definition) is 2. The highest BCUT2D eigenvalue weighted by molar-refractivity contribution is 5.86. The predicted octanol–water partition coefficient (Wildman–Crippen LogP) is 5.25. The van der Waals surface area contributed by atoms with Crippen LogP contribution >= 0.6 is 0 Å². The zero-order chi connectivity index (χ0) is 21.8. The Balaban J connectivity index is 1.74. The number of phenols is 1.